The molecule has 0 radical (unpaired) electrons. The zero-order chi connectivity index (χ0) is 17.9. The van der Waals surface area contributed by atoms with Crippen LogP contribution in [0.3, 0.4) is 0 Å². The van der Waals surface area contributed by atoms with Gasteiger partial charge in [0.2, 0.25) is 11.6 Å². The number of methoxy groups -OCH3 is 1. The quantitative estimate of drug-likeness (QED) is 0.534. The number of tetrazole rings is 1. The molecule has 0 aliphatic heterocycles. The maximum atomic E-state index is 6.16. The van der Waals surface area contributed by atoms with E-state index in [0.717, 1.165) is 11.3 Å². The molecule has 0 saturated heterocycles. The normalized spacial score (nSPS) is 10.8. The lowest BCUT2D eigenvalue weighted by Crippen LogP contribution is -2.04. The molecule has 0 aliphatic rings. The highest BCUT2D eigenvalue weighted by molar-refractivity contribution is 6.33. The van der Waals surface area contributed by atoms with Crippen LogP contribution in [-0.4, -0.2) is 37.5 Å². The van der Waals surface area contributed by atoms with Gasteiger partial charge in [-0.1, -0.05) is 41.0 Å². The van der Waals surface area contributed by atoms with Gasteiger partial charge in [-0.05, 0) is 29.5 Å². The van der Waals surface area contributed by atoms with Gasteiger partial charge in [0.05, 0.1) is 12.1 Å². The first kappa shape index (κ1) is 16.2. The molecule has 4 rings (SSSR count). The molecule has 8 nitrogen and oxygen atoms in total. The average molecular weight is 369 g/mol. The van der Waals surface area contributed by atoms with E-state index in [2.05, 4.69) is 25.6 Å². The summed E-state index contributed by atoms with van der Waals surface area (Å²) in [6, 6.07) is 14.7. The molecule has 0 aliphatic carbocycles. The molecule has 130 valence electrons. The molecule has 2 heterocycles. The van der Waals surface area contributed by atoms with Gasteiger partial charge >= 0.3 is 0 Å². The third-order valence-electron chi connectivity index (χ3n) is 3.64. The van der Waals surface area contributed by atoms with Crippen molar-refractivity contribution in [2.45, 2.75) is 6.54 Å². The first-order valence-electron chi connectivity index (χ1n) is 7.72. The Morgan fingerprint density at radius 2 is 2.00 bits per heavy atom. The first-order chi connectivity index (χ1) is 12.7. The lowest BCUT2D eigenvalue weighted by Gasteiger charge is -1.99. The molecule has 0 fully saturated rings. The van der Waals surface area contributed by atoms with Crippen molar-refractivity contribution in [1.29, 1.82) is 0 Å². The number of ether oxygens (including phenoxy) is 1. The third-order valence-corrected chi connectivity index (χ3v) is 3.97. The minimum atomic E-state index is 0.203. The smallest absolute Gasteiger partial charge is 0.250 e. The Morgan fingerprint density at radius 1 is 1.12 bits per heavy atom. The number of nitrogens with zero attached hydrogens (tertiary/aromatic N) is 6. The second-order valence-electron chi connectivity index (χ2n) is 5.37. The summed E-state index contributed by atoms with van der Waals surface area (Å²) >= 11 is 6.16. The van der Waals surface area contributed by atoms with E-state index in [-0.39, 0.29) is 6.54 Å². The van der Waals surface area contributed by atoms with Crippen molar-refractivity contribution < 1.29 is 9.26 Å². The number of benzene rings is 2. The van der Waals surface area contributed by atoms with Crippen LogP contribution in [0, 0.1) is 0 Å². The Morgan fingerprint density at radius 3 is 2.85 bits per heavy atom. The van der Waals surface area contributed by atoms with Crippen LogP contribution in [0.2, 0.25) is 5.02 Å². The van der Waals surface area contributed by atoms with Crippen LogP contribution in [0.4, 0.5) is 0 Å². The van der Waals surface area contributed by atoms with Gasteiger partial charge in [0.1, 0.15) is 12.3 Å². The fourth-order valence-electron chi connectivity index (χ4n) is 2.38. The molecule has 0 unspecified atom stereocenters. The largest absolute Gasteiger partial charge is 0.497 e. The zero-order valence-corrected chi connectivity index (χ0v) is 14.5. The molecular formula is C17H13ClN6O2. The lowest BCUT2D eigenvalue weighted by atomic mass is 10.2. The van der Waals surface area contributed by atoms with Gasteiger partial charge in [-0.3, -0.25) is 0 Å². The fraction of sp³-hybridized carbons (Fsp3) is 0.118. The number of hydrogen-bond acceptors (Lipinski definition) is 7. The number of halogens is 1. The summed E-state index contributed by atoms with van der Waals surface area (Å²) in [6.45, 7) is 0.203. The van der Waals surface area contributed by atoms with Crippen molar-refractivity contribution in [1.82, 2.24) is 30.3 Å². The van der Waals surface area contributed by atoms with Crippen molar-refractivity contribution in [2.24, 2.45) is 0 Å². The van der Waals surface area contributed by atoms with Crippen LogP contribution in [-0.2, 0) is 6.54 Å². The minimum Gasteiger partial charge on any atom is -0.497 e. The standard InChI is InChI=1S/C17H13ClN6O2/c1-25-12-6-4-5-11(9-12)16-19-15(26-22-16)10-24-21-17(20-23-24)13-7-2-3-8-14(13)18/h2-9H,10H2,1H3. The van der Waals surface area contributed by atoms with Crippen LogP contribution in [0.5, 0.6) is 5.75 Å². The van der Waals surface area contributed by atoms with Gasteiger partial charge in [-0.2, -0.15) is 9.78 Å². The highest BCUT2D eigenvalue weighted by atomic mass is 35.5. The molecular weight excluding hydrogens is 356 g/mol. The summed E-state index contributed by atoms with van der Waals surface area (Å²) < 4.78 is 10.5. The molecule has 2 aromatic heterocycles. The number of hydrogen-bond donors (Lipinski definition) is 0. The molecule has 0 N–H and O–H groups in total. The molecule has 0 atom stereocenters. The number of rotatable bonds is 5. The second-order valence-corrected chi connectivity index (χ2v) is 5.77. The van der Waals surface area contributed by atoms with Gasteiger partial charge in [0, 0.05) is 11.1 Å². The summed E-state index contributed by atoms with van der Waals surface area (Å²) in [5.74, 6) is 1.98. The molecule has 2 aromatic carbocycles. The van der Waals surface area contributed by atoms with E-state index < -0.39 is 0 Å². The van der Waals surface area contributed by atoms with Crippen LogP contribution in [0.15, 0.2) is 53.1 Å². The van der Waals surface area contributed by atoms with Crippen LogP contribution in [0.25, 0.3) is 22.8 Å². The summed E-state index contributed by atoms with van der Waals surface area (Å²) in [5, 5.41) is 16.9. The van der Waals surface area contributed by atoms with Gasteiger partial charge < -0.3 is 9.26 Å². The third kappa shape index (κ3) is 3.27. The van der Waals surface area contributed by atoms with Gasteiger partial charge in [-0.15, -0.1) is 10.2 Å². The summed E-state index contributed by atoms with van der Waals surface area (Å²) in [5.41, 5.74) is 1.51. The molecule has 4 aromatic rings. The van der Waals surface area contributed by atoms with E-state index in [0.29, 0.717) is 28.1 Å². The second kappa shape index (κ2) is 6.93. The molecule has 0 saturated carbocycles. The molecule has 26 heavy (non-hydrogen) atoms. The Hall–Kier alpha value is -3.26. The van der Waals surface area contributed by atoms with E-state index in [1.54, 1.807) is 13.2 Å². The molecule has 9 heteroatoms. The van der Waals surface area contributed by atoms with Crippen molar-refractivity contribution in [3.63, 3.8) is 0 Å². The molecule has 0 amide bonds. The van der Waals surface area contributed by atoms with Crippen LogP contribution in [0.1, 0.15) is 5.89 Å². The van der Waals surface area contributed by atoms with Crippen molar-refractivity contribution in [3.8, 4) is 28.5 Å². The van der Waals surface area contributed by atoms with E-state index >= 15 is 0 Å². The zero-order valence-electron chi connectivity index (χ0n) is 13.7. The predicted octanol–water partition coefficient (Wildman–Crippen LogP) is 3.10. The summed E-state index contributed by atoms with van der Waals surface area (Å²) in [7, 11) is 1.60. The van der Waals surface area contributed by atoms with E-state index in [1.807, 2.05) is 42.5 Å². The fourth-order valence-corrected chi connectivity index (χ4v) is 2.60. The van der Waals surface area contributed by atoms with Gasteiger partial charge in [-0.25, -0.2) is 0 Å². The van der Waals surface area contributed by atoms with E-state index in [9.17, 15) is 0 Å². The van der Waals surface area contributed by atoms with Crippen LogP contribution >= 0.6 is 11.6 Å². The average Bonchev–Trinajstić information content (AvgIpc) is 3.32. The molecule has 0 bridgehead atoms. The van der Waals surface area contributed by atoms with E-state index in [1.165, 1.54) is 4.80 Å². The maximum absolute atomic E-state index is 6.16. The monoisotopic (exact) mass is 368 g/mol. The van der Waals surface area contributed by atoms with Crippen molar-refractivity contribution in [3.05, 3.63) is 59.4 Å². The Labute approximate surface area is 153 Å². The van der Waals surface area contributed by atoms with Crippen molar-refractivity contribution in [2.75, 3.05) is 7.11 Å². The van der Waals surface area contributed by atoms with Crippen LogP contribution < -0.4 is 4.74 Å². The lowest BCUT2D eigenvalue weighted by molar-refractivity contribution is 0.356. The van der Waals surface area contributed by atoms with E-state index in [4.69, 9.17) is 20.9 Å². The van der Waals surface area contributed by atoms with Gasteiger partial charge in [0.15, 0.2) is 0 Å². The first-order valence-corrected chi connectivity index (χ1v) is 8.10. The molecule has 0 spiro atoms. The van der Waals surface area contributed by atoms with Crippen molar-refractivity contribution >= 4 is 11.6 Å². The summed E-state index contributed by atoms with van der Waals surface area (Å²) in [4.78, 5) is 5.74. The Kier molecular flexibility index (Phi) is 4.32. The predicted molar refractivity (Wildman–Crippen MR) is 93.7 cm³/mol. The SMILES string of the molecule is COc1cccc(-c2noc(Cn3nnc(-c4ccccc4Cl)n3)n2)c1. The minimum absolute atomic E-state index is 0.203. The number of aromatic nitrogens is 6. The maximum Gasteiger partial charge on any atom is 0.250 e. The Bertz CT molecular complexity index is 1040. The summed E-state index contributed by atoms with van der Waals surface area (Å²) in [6.07, 6.45) is 0. The Balaban J connectivity index is 1.54. The van der Waals surface area contributed by atoms with Gasteiger partial charge in [0.25, 0.3) is 5.89 Å². The topological polar surface area (TPSA) is 91.8 Å². The highest BCUT2D eigenvalue weighted by Crippen LogP contribution is 2.24. The highest BCUT2D eigenvalue weighted by Gasteiger charge is 2.13.